The van der Waals surface area contributed by atoms with Crippen molar-refractivity contribution in [2.24, 2.45) is 11.0 Å². The minimum Gasteiger partial charge on any atom is -0.274 e. The van der Waals surface area contributed by atoms with Crippen LogP contribution < -0.4 is 0 Å². The smallest absolute Gasteiger partial charge is 0.0299 e. The van der Waals surface area contributed by atoms with E-state index in [-0.39, 0.29) is 0 Å². The highest BCUT2D eigenvalue weighted by atomic mass is 15.4. The zero-order valence-corrected chi connectivity index (χ0v) is 7.80. The van der Waals surface area contributed by atoms with E-state index in [1.54, 1.807) is 5.01 Å². The van der Waals surface area contributed by atoms with E-state index in [9.17, 15) is 0 Å². The Labute approximate surface area is 69.6 Å². The topological polar surface area (TPSA) is 15.6 Å². The molecule has 0 rings (SSSR count). The van der Waals surface area contributed by atoms with E-state index in [1.165, 1.54) is 6.42 Å². The van der Waals surface area contributed by atoms with Crippen molar-refractivity contribution < 1.29 is 0 Å². The molecule has 0 aromatic heterocycles. The Morgan fingerprint density at radius 2 is 2.18 bits per heavy atom. The molecule has 0 aliphatic carbocycles. The highest BCUT2D eigenvalue weighted by Gasteiger charge is 2.04. The lowest BCUT2D eigenvalue weighted by Crippen LogP contribution is -2.11. The molecule has 0 saturated heterocycles. The highest BCUT2D eigenvalue weighted by molar-refractivity contribution is 5.23. The molecular formula is C9H18N2. The molecule has 0 bridgehead atoms. The third-order valence-electron chi connectivity index (χ3n) is 1.95. The van der Waals surface area contributed by atoms with Crippen LogP contribution in [0.2, 0.25) is 0 Å². The summed E-state index contributed by atoms with van der Waals surface area (Å²) in [6.07, 6.45) is 2.19. The Kier molecular flexibility index (Phi) is 4.59. The summed E-state index contributed by atoms with van der Waals surface area (Å²) in [5.74, 6) is 0.687. The Bertz CT molecular complexity index is 140. The first-order valence-electron chi connectivity index (χ1n) is 4.00. The molecule has 0 aliphatic rings. The van der Waals surface area contributed by atoms with Crippen LogP contribution in [0.15, 0.2) is 17.4 Å². The summed E-state index contributed by atoms with van der Waals surface area (Å²) in [5, 5.41) is 5.49. The maximum Gasteiger partial charge on any atom is 0.0299 e. The monoisotopic (exact) mass is 154 g/mol. The maximum atomic E-state index is 3.91. The molecule has 0 aliphatic heterocycles. The summed E-state index contributed by atoms with van der Waals surface area (Å²) >= 11 is 0. The first kappa shape index (κ1) is 10.2. The molecule has 0 fully saturated rings. The number of hydrazone groups is 1. The van der Waals surface area contributed by atoms with Gasteiger partial charge >= 0.3 is 0 Å². The molecule has 0 radical (unpaired) electrons. The second kappa shape index (κ2) is 4.94. The first-order valence-corrected chi connectivity index (χ1v) is 4.00. The minimum atomic E-state index is 0.687. The third kappa shape index (κ3) is 3.81. The number of hydrogen-bond donors (Lipinski definition) is 0. The molecular weight excluding hydrogens is 136 g/mol. The molecule has 0 saturated carbocycles. The van der Waals surface area contributed by atoms with Crippen molar-refractivity contribution in [2.45, 2.75) is 26.7 Å². The van der Waals surface area contributed by atoms with Crippen LogP contribution in [0.25, 0.3) is 0 Å². The molecule has 11 heavy (non-hydrogen) atoms. The molecule has 0 N–H and O–H groups in total. The van der Waals surface area contributed by atoms with E-state index in [4.69, 9.17) is 0 Å². The highest BCUT2D eigenvalue weighted by Crippen LogP contribution is 2.14. The fraction of sp³-hybridized carbons (Fsp3) is 0.667. The van der Waals surface area contributed by atoms with Crippen molar-refractivity contribution in [3.8, 4) is 0 Å². The molecule has 0 heterocycles. The van der Waals surface area contributed by atoms with Crippen LogP contribution >= 0.6 is 0 Å². The SMILES string of the molecule is C=NN(C)C(=C)CC(C)CC. The zero-order chi connectivity index (χ0) is 8.85. The molecule has 0 aromatic rings. The molecule has 0 amide bonds. The van der Waals surface area contributed by atoms with Gasteiger partial charge < -0.3 is 0 Å². The van der Waals surface area contributed by atoms with Crippen LogP contribution in [0.1, 0.15) is 26.7 Å². The van der Waals surface area contributed by atoms with Crippen molar-refractivity contribution >= 4 is 6.72 Å². The van der Waals surface area contributed by atoms with E-state index in [2.05, 4.69) is 32.2 Å². The summed E-state index contributed by atoms with van der Waals surface area (Å²) in [4.78, 5) is 0. The zero-order valence-electron chi connectivity index (χ0n) is 7.80. The van der Waals surface area contributed by atoms with Crippen molar-refractivity contribution in [1.29, 1.82) is 0 Å². The van der Waals surface area contributed by atoms with Gasteiger partial charge in [0.25, 0.3) is 0 Å². The molecule has 1 unspecified atom stereocenters. The standard InChI is InChI=1S/C9H18N2/c1-6-8(2)7-9(3)11(5)10-4/h8H,3-4,6-7H2,1-2,5H3. The molecule has 0 aromatic carbocycles. The average molecular weight is 154 g/mol. The Hall–Kier alpha value is -0.790. The van der Waals surface area contributed by atoms with Crippen molar-refractivity contribution in [3.05, 3.63) is 12.3 Å². The van der Waals surface area contributed by atoms with Gasteiger partial charge in [-0.25, -0.2) is 0 Å². The lowest BCUT2D eigenvalue weighted by atomic mass is 10.0. The average Bonchev–Trinajstić information content (AvgIpc) is 2.02. The maximum absolute atomic E-state index is 3.91. The predicted molar refractivity (Wildman–Crippen MR) is 50.5 cm³/mol. The van der Waals surface area contributed by atoms with Crippen LogP contribution in [-0.4, -0.2) is 18.8 Å². The van der Waals surface area contributed by atoms with Crippen LogP contribution in [0.5, 0.6) is 0 Å². The second-order valence-electron chi connectivity index (χ2n) is 2.95. The number of nitrogens with zero attached hydrogens (tertiary/aromatic N) is 2. The third-order valence-corrected chi connectivity index (χ3v) is 1.95. The van der Waals surface area contributed by atoms with Crippen LogP contribution in [0.3, 0.4) is 0 Å². The van der Waals surface area contributed by atoms with Gasteiger partial charge in [0.15, 0.2) is 0 Å². The van der Waals surface area contributed by atoms with Crippen LogP contribution in [-0.2, 0) is 0 Å². The fourth-order valence-electron chi connectivity index (χ4n) is 0.779. The Balaban J connectivity index is 3.77. The lowest BCUT2D eigenvalue weighted by Gasteiger charge is -2.17. The number of allylic oxidation sites excluding steroid dienone is 1. The first-order chi connectivity index (χ1) is 5.11. The van der Waals surface area contributed by atoms with Gasteiger partial charge in [-0.2, -0.15) is 5.10 Å². The second-order valence-corrected chi connectivity index (χ2v) is 2.95. The van der Waals surface area contributed by atoms with Crippen molar-refractivity contribution in [3.63, 3.8) is 0 Å². The van der Waals surface area contributed by atoms with Gasteiger partial charge in [0.1, 0.15) is 0 Å². The summed E-state index contributed by atoms with van der Waals surface area (Å²) < 4.78 is 0. The molecule has 1 atom stereocenters. The van der Waals surface area contributed by atoms with Crippen molar-refractivity contribution in [2.75, 3.05) is 7.05 Å². The quantitative estimate of drug-likeness (QED) is 0.439. The van der Waals surface area contributed by atoms with E-state index >= 15 is 0 Å². The van der Waals surface area contributed by atoms with Crippen LogP contribution in [0.4, 0.5) is 0 Å². The van der Waals surface area contributed by atoms with Gasteiger partial charge in [-0.3, -0.25) is 5.01 Å². The molecule has 2 nitrogen and oxygen atoms in total. The molecule has 64 valence electrons. The van der Waals surface area contributed by atoms with Gasteiger partial charge in [-0.05, 0) is 12.3 Å². The summed E-state index contributed by atoms with van der Waals surface area (Å²) in [5.41, 5.74) is 1.04. The van der Waals surface area contributed by atoms with Gasteiger partial charge in [-0.1, -0.05) is 26.8 Å². The molecule has 0 spiro atoms. The predicted octanol–water partition coefficient (Wildman–Crippen LogP) is 2.48. The largest absolute Gasteiger partial charge is 0.274 e. The van der Waals surface area contributed by atoms with E-state index in [1.807, 2.05) is 7.05 Å². The minimum absolute atomic E-state index is 0.687. The van der Waals surface area contributed by atoms with E-state index in [0.29, 0.717) is 5.92 Å². The normalized spacial score (nSPS) is 12.3. The van der Waals surface area contributed by atoms with Crippen molar-refractivity contribution in [1.82, 2.24) is 5.01 Å². The summed E-state index contributed by atoms with van der Waals surface area (Å²) in [7, 11) is 1.87. The summed E-state index contributed by atoms with van der Waals surface area (Å²) in [6, 6.07) is 0. The van der Waals surface area contributed by atoms with Gasteiger partial charge in [0.2, 0.25) is 0 Å². The van der Waals surface area contributed by atoms with Crippen LogP contribution in [0, 0.1) is 5.92 Å². The molecule has 2 heteroatoms. The van der Waals surface area contributed by atoms with Gasteiger partial charge in [0.05, 0.1) is 0 Å². The van der Waals surface area contributed by atoms with E-state index < -0.39 is 0 Å². The van der Waals surface area contributed by atoms with Gasteiger partial charge in [0, 0.05) is 19.5 Å². The summed E-state index contributed by atoms with van der Waals surface area (Å²) in [6.45, 7) is 11.7. The van der Waals surface area contributed by atoms with E-state index in [0.717, 1.165) is 12.1 Å². The Morgan fingerprint density at radius 1 is 1.64 bits per heavy atom. The number of hydrogen-bond acceptors (Lipinski definition) is 2. The number of rotatable bonds is 5. The lowest BCUT2D eigenvalue weighted by molar-refractivity contribution is 0.397. The Morgan fingerprint density at radius 3 is 2.55 bits per heavy atom. The van der Waals surface area contributed by atoms with Gasteiger partial charge in [-0.15, -0.1) is 0 Å². The fourth-order valence-corrected chi connectivity index (χ4v) is 0.779.